The third-order valence-corrected chi connectivity index (χ3v) is 6.41. The minimum Gasteiger partial charge on any atom is -0.489 e. The summed E-state index contributed by atoms with van der Waals surface area (Å²) in [6.07, 6.45) is 2.82. The van der Waals surface area contributed by atoms with Crippen molar-refractivity contribution < 1.29 is 36.3 Å². The van der Waals surface area contributed by atoms with Gasteiger partial charge in [-0.15, -0.1) is 0 Å². The zero-order chi connectivity index (χ0) is 29.7. The molecule has 0 unspecified atom stereocenters. The van der Waals surface area contributed by atoms with Crippen LogP contribution in [0.3, 0.4) is 0 Å². The van der Waals surface area contributed by atoms with E-state index in [1.165, 1.54) is 36.4 Å². The van der Waals surface area contributed by atoms with Crippen LogP contribution in [0, 0.1) is 29.1 Å². The van der Waals surface area contributed by atoms with E-state index in [0.717, 1.165) is 30.3 Å². The maximum Gasteiger partial charge on any atom is 0.251 e. The largest absolute Gasteiger partial charge is 0.489 e. The van der Waals surface area contributed by atoms with Crippen LogP contribution in [0.2, 0.25) is 0 Å². The van der Waals surface area contributed by atoms with Gasteiger partial charge in [0.25, 0.3) is 5.91 Å². The Kier molecular flexibility index (Phi) is 9.34. The number of nitrogens with zero attached hydrogens (tertiary/aromatic N) is 1. The van der Waals surface area contributed by atoms with Gasteiger partial charge in [0.05, 0.1) is 0 Å². The van der Waals surface area contributed by atoms with E-state index < -0.39 is 46.8 Å². The molecule has 1 N–H and O–H groups in total. The Morgan fingerprint density at radius 2 is 1.39 bits per heavy atom. The first-order valence-corrected chi connectivity index (χ1v) is 12.7. The third kappa shape index (κ3) is 7.67. The summed E-state index contributed by atoms with van der Waals surface area (Å²) in [4.78, 5) is 28.2. The van der Waals surface area contributed by atoms with E-state index in [1.54, 1.807) is 0 Å². The summed E-state index contributed by atoms with van der Waals surface area (Å²) in [5, 5.41) is 2.78. The molecule has 0 aromatic heterocycles. The van der Waals surface area contributed by atoms with Crippen LogP contribution in [-0.2, 0) is 4.79 Å². The number of hydrogen-bond acceptors (Lipinski definition) is 4. The molecule has 0 spiro atoms. The van der Waals surface area contributed by atoms with Gasteiger partial charge in [-0.3, -0.25) is 9.59 Å². The molecule has 0 heterocycles. The highest BCUT2D eigenvalue weighted by atomic mass is 19.2. The Balaban J connectivity index is 1.59. The number of halogens is 5. The van der Waals surface area contributed by atoms with E-state index in [0.29, 0.717) is 6.54 Å². The van der Waals surface area contributed by atoms with Crippen molar-refractivity contribution in [3.63, 3.8) is 0 Å². The molecular formula is C31H27F5N2O3. The average Bonchev–Trinajstić information content (AvgIpc) is 2.91. The molecule has 5 nitrogen and oxygen atoms in total. The molecule has 3 aromatic rings. The first kappa shape index (κ1) is 29.7. The Bertz CT molecular complexity index is 1460. The van der Waals surface area contributed by atoms with Gasteiger partial charge in [0, 0.05) is 29.3 Å². The number of hydrogen-bond donors (Lipinski definition) is 1. The SMILES string of the molecule is CN(C)CCOc1ccc(C(=O)NC2C/C(=C\c3ccc(F)c(F)c3)C(=O)/C(=C/c3ccc(F)c(F)c3)C2)cc1F. The molecule has 0 bridgehead atoms. The van der Waals surface area contributed by atoms with Crippen LogP contribution < -0.4 is 10.1 Å². The average molecular weight is 571 g/mol. The quantitative estimate of drug-likeness (QED) is 0.269. The second-order valence-electron chi connectivity index (χ2n) is 9.89. The van der Waals surface area contributed by atoms with Gasteiger partial charge in [-0.2, -0.15) is 0 Å². The molecule has 41 heavy (non-hydrogen) atoms. The van der Waals surface area contributed by atoms with Crippen molar-refractivity contribution >= 4 is 23.8 Å². The van der Waals surface area contributed by atoms with E-state index in [2.05, 4.69) is 5.32 Å². The molecule has 1 aliphatic carbocycles. The predicted octanol–water partition coefficient (Wildman–Crippen LogP) is 5.95. The summed E-state index contributed by atoms with van der Waals surface area (Å²) in [6.45, 7) is 0.828. The van der Waals surface area contributed by atoms with Crippen LogP contribution in [0.5, 0.6) is 5.75 Å². The van der Waals surface area contributed by atoms with Gasteiger partial charge in [-0.25, -0.2) is 22.0 Å². The summed E-state index contributed by atoms with van der Waals surface area (Å²) >= 11 is 0. The first-order valence-electron chi connectivity index (χ1n) is 12.7. The number of likely N-dealkylation sites (N-methyl/N-ethyl adjacent to an activating group) is 1. The molecule has 214 valence electrons. The Morgan fingerprint density at radius 1 is 0.829 bits per heavy atom. The fourth-order valence-electron chi connectivity index (χ4n) is 4.32. The minimum absolute atomic E-state index is 0.000150. The summed E-state index contributed by atoms with van der Waals surface area (Å²) in [6, 6.07) is 9.46. The van der Waals surface area contributed by atoms with Gasteiger partial charge in [-0.05, 0) is 92.7 Å². The molecule has 0 saturated heterocycles. The molecular weight excluding hydrogens is 543 g/mol. The van der Waals surface area contributed by atoms with Gasteiger partial charge >= 0.3 is 0 Å². The van der Waals surface area contributed by atoms with E-state index in [9.17, 15) is 31.5 Å². The highest BCUT2D eigenvalue weighted by molar-refractivity contribution is 6.14. The van der Waals surface area contributed by atoms with Crippen molar-refractivity contribution in [3.05, 3.63) is 112 Å². The van der Waals surface area contributed by atoms with Crippen LogP contribution in [0.1, 0.15) is 34.3 Å². The Labute approximate surface area is 233 Å². The van der Waals surface area contributed by atoms with Crippen molar-refractivity contribution in [3.8, 4) is 5.75 Å². The fourth-order valence-corrected chi connectivity index (χ4v) is 4.32. The zero-order valence-electron chi connectivity index (χ0n) is 22.3. The molecule has 3 aromatic carbocycles. The first-order chi connectivity index (χ1) is 19.5. The van der Waals surface area contributed by atoms with Crippen molar-refractivity contribution in [1.29, 1.82) is 0 Å². The lowest BCUT2D eigenvalue weighted by Gasteiger charge is -2.27. The van der Waals surface area contributed by atoms with Crippen LogP contribution in [0.4, 0.5) is 22.0 Å². The highest BCUT2D eigenvalue weighted by Gasteiger charge is 2.29. The van der Waals surface area contributed by atoms with Crippen molar-refractivity contribution in [2.45, 2.75) is 18.9 Å². The van der Waals surface area contributed by atoms with Gasteiger partial charge in [-0.1, -0.05) is 12.1 Å². The van der Waals surface area contributed by atoms with Gasteiger partial charge in [0.15, 0.2) is 40.6 Å². The monoisotopic (exact) mass is 570 g/mol. The maximum absolute atomic E-state index is 14.6. The zero-order valence-corrected chi connectivity index (χ0v) is 22.3. The Hall–Kier alpha value is -4.31. The number of nitrogens with one attached hydrogen (secondary N) is 1. The van der Waals surface area contributed by atoms with E-state index in [-0.39, 0.29) is 53.0 Å². The van der Waals surface area contributed by atoms with Gasteiger partial charge in [0.1, 0.15) is 6.61 Å². The number of amides is 1. The normalized spacial score (nSPS) is 17.4. The summed E-state index contributed by atoms with van der Waals surface area (Å²) in [5.74, 6) is -6.06. The molecule has 1 aliphatic rings. The third-order valence-electron chi connectivity index (χ3n) is 6.41. The van der Waals surface area contributed by atoms with Crippen LogP contribution in [0.15, 0.2) is 65.7 Å². The van der Waals surface area contributed by atoms with Crippen molar-refractivity contribution in [2.75, 3.05) is 27.2 Å². The molecule has 0 aliphatic heterocycles. The summed E-state index contributed by atoms with van der Waals surface area (Å²) < 4.78 is 74.5. The maximum atomic E-state index is 14.6. The number of ketones is 1. The number of rotatable bonds is 8. The molecule has 1 saturated carbocycles. The topological polar surface area (TPSA) is 58.6 Å². The molecule has 1 amide bonds. The fraction of sp³-hybridized carbons (Fsp3) is 0.226. The number of ether oxygens (including phenoxy) is 1. The van der Waals surface area contributed by atoms with Gasteiger partial charge < -0.3 is 15.0 Å². The summed E-state index contributed by atoms with van der Waals surface area (Å²) in [5.41, 5.74) is 0.822. The lowest BCUT2D eigenvalue weighted by atomic mass is 9.83. The van der Waals surface area contributed by atoms with E-state index >= 15 is 0 Å². The molecule has 1 fully saturated rings. The second-order valence-corrected chi connectivity index (χ2v) is 9.89. The van der Waals surface area contributed by atoms with E-state index in [1.807, 2.05) is 19.0 Å². The Morgan fingerprint density at radius 3 is 1.88 bits per heavy atom. The number of Topliss-reactive ketones (excluding diaryl/α,β-unsaturated/α-hetero) is 1. The second kappa shape index (κ2) is 12.9. The predicted molar refractivity (Wildman–Crippen MR) is 145 cm³/mol. The smallest absolute Gasteiger partial charge is 0.251 e. The minimum atomic E-state index is -1.10. The molecule has 0 radical (unpaired) electrons. The standard InChI is InChI=1S/C31H27F5N2O3/c1-38(2)9-10-41-29-8-5-20(17-28(29)36)31(40)37-23-15-21(11-18-3-6-24(32)26(34)13-18)30(39)22(16-23)12-19-4-7-25(33)27(35)14-19/h3-8,11-14,17,23H,9-10,15-16H2,1-2H3,(H,37,40)/b21-11+,22-12+. The van der Waals surface area contributed by atoms with E-state index in [4.69, 9.17) is 4.74 Å². The summed E-state index contributed by atoms with van der Waals surface area (Å²) in [7, 11) is 3.70. The highest BCUT2D eigenvalue weighted by Crippen LogP contribution is 2.30. The van der Waals surface area contributed by atoms with Crippen LogP contribution >= 0.6 is 0 Å². The number of carbonyl (C=O) groups is 2. The van der Waals surface area contributed by atoms with Crippen LogP contribution in [0.25, 0.3) is 12.2 Å². The molecule has 4 rings (SSSR count). The van der Waals surface area contributed by atoms with Crippen molar-refractivity contribution in [1.82, 2.24) is 10.2 Å². The van der Waals surface area contributed by atoms with Crippen LogP contribution in [-0.4, -0.2) is 49.9 Å². The lowest BCUT2D eigenvalue weighted by molar-refractivity contribution is -0.113. The number of benzene rings is 3. The number of carbonyl (C=O) groups excluding carboxylic acids is 2. The molecule has 0 atom stereocenters. The molecule has 10 heteroatoms. The lowest BCUT2D eigenvalue weighted by Crippen LogP contribution is -2.39. The van der Waals surface area contributed by atoms with Crippen molar-refractivity contribution in [2.24, 2.45) is 0 Å². The van der Waals surface area contributed by atoms with Gasteiger partial charge in [0.2, 0.25) is 0 Å².